The van der Waals surface area contributed by atoms with Gasteiger partial charge in [-0.3, -0.25) is 9.63 Å². The molecule has 1 heterocycles. The molecule has 1 N–H and O–H groups in total. The summed E-state index contributed by atoms with van der Waals surface area (Å²) >= 11 is 1.61. The van der Waals surface area contributed by atoms with Crippen molar-refractivity contribution in [2.45, 2.75) is 20.8 Å². The van der Waals surface area contributed by atoms with Crippen molar-refractivity contribution in [3.05, 3.63) is 28.0 Å². The van der Waals surface area contributed by atoms with Crippen molar-refractivity contribution in [2.75, 3.05) is 6.61 Å². The molecule has 0 bridgehead atoms. The highest BCUT2D eigenvalue weighted by atomic mass is 32.1. The second-order valence-corrected chi connectivity index (χ2v) is 4.92. The molecule has 1 rings (SSSR count). The normalized spacial score (nSPS) is 11.2. The van der Waals surface area contributed by atoms with Gasteiger partial charge in [0.2, 0.25) is 0 Å². The van der Waals surface area contributed by atoms with Gasteiger partial charge in [0.25, 0.3) is 5.91 Å². The maximum atomic E-state index is 11.3. The lowest BCUT2D eigenvalue weighted by molar-refractivity contribution is -0.129. The average Bonchev–Trinajstić information content (AvgIpc) is 2.60. The third-order valence-corrected chi connectivity index (χ3v) is 2.86. The Morgan fingerprint density at radius 3 is 2.94 bits per heavy atom. The van der Waals surface area contributed by atoms with Gasteiger partial charge in [-0.2, -0.15) is 0 Å². The number of hydrogen-bond acceptors (Lipinski definition) is 3. The molecule has 1 aromatic heterocycles. The molecule has 0 aliphatic carbocycles. The van der Waals surface area contributed by atoms with Gasteiger partial charge in [-0.05, 0) is 35.9 Å². The van der Waals surface area contributed by atoms with Crippen LogP contribution < -0.4 is 5.48 Å². The van der Waals surface area contributed by atoms with Crippen molar-refractivity contribution in [1.29, 1.82) is 0 Å². The number of carbonyl (C=O) groups is 1. The van der Waals surface area contributed by atoms with E-state index in [0.717, 1.165) is 4.88 Å². The van der Waals surface area contributed by atoms with E-state index < -0.39 is 0 Å². The summed E-state index contributed by atoms with van der Waals surface area (Å²) in [5.41, 5.74) is 3.55. The van der Waals surface area contributed by atoms with Crippen molar-refractivity contribution in [2.24, 2.45) is 5.92 Å². The van der Waals surface area contributed by atoms with Crippen LogP contribution in [0.15, 0.2) is 17.5 Å². The first-order chi connectivity index (χ1) is 7.59. The van der Waals surface area contributed by atoms with E-state index >= 15 is 0 Å². The van der Waals surface area contributed by atoms with Crippen LogP contribution >= 0.6 is 11.3 Å². The Balaban J connectivity index is 2.34. The van der Waals surface area contributed by atoms with Crippen LogP contribution in [0.2, 0.25) is 0 Å². The molecule has 0 fully saturated rings. The summed E-state index contributed by atoms with van der Waals surface area (Å²) in [5.74, 6) is 0.178. The number of hydrogen-bond donors (Lipinski definition) is 1. The van der Waals surface area contributed by atoms with Gasteiger partial charge in [0, 0.05) is 11.0 Å². The van der Waals surface area contributed by atoms with Crippen LogP contribution in [0.4, 0.5) is 0 Å². The molecule has 0 atom stereocenters. The minimum Gasteiger partial charge on any atom is -0.273 e. The Bertz CT molecular complexity index is 369. The van der Waals surface area contributed by atoms with Gasteiger partial charge in [-0.15, -0.1) is 11.3 Å². The first-order valence-electron chi connectivity index (χ1n) is 5.23. The standard InChI is InChI=1S/C12H17NO2S/c1-9(2)8-15-13-12(14)5-4-11-10(3)6-7-16-11/h4-7,9H,8H2,1-3H3,(H,13,14)/b5-4+. The quantitative estimate of drug-likeness (QED) is 0.634. The lowest BCUT2D eigenvalue weighted by atomic mass is 10.2. The molecule has 0 saturated heterocycles. The first kappa shape index (κ1) is 12.9. The SMILES string of the molecule is Cc1ccsc1/C=C/C(=O)NOCC(C)C. The molecule has 0 aliphatic rings. The van der Waals surface area contributed by atoms with Crippen molar-refractivity contribution in [1.82, 2.24) is 5.48 Å². The van der Waals surface area contributed by atoms with Gasteiger partial charge in [0.15, 0.2) is 0 Å². The molecule has 0 unspecified atom stereocenters. The van der Waals surface area contributed by atoms with Crippen LogP contribution in [0.3, 0.4) is 0 Å². The fourth-order valence-electron chi connectivity index (χ4n) is 1.02. The van der Waals surface area contributed by atoms with Crippen LogP contribution in [-0.2, 0) is 9.63 Å². The van der Waals surface area contributed by atoms with Crippen molar-refractivity contribution >= 4 is 23.3 Å². The minimum atomic E-state index is -0.228. The molecule has 88 valence electrons. The summed E-state index contributed by atoms with van der Waals surface area (Å²) in [5, 5.41) is 2.00. The maximum Gasteiger partial charge on any atom is 0.267 e. The Morgan fingerprint density at radius 1 is 1.62 bits per heavy atom. The Hall–Kier alpha value is -1.13. The first-order valence-corrected chi connectivity index (χ1v) is 6.11. The molecule has 4 heteroatoms. The molecule has 3 nitrogen and oxygen atoms in total. The third kappa shape index (κ3) is 4.59. The number of nitrogens with one attached hydrogen (secondary N) is 1. The van der Waals surface area contributed by atoms with Crippen LogP contribution in [0.25, 0.3) is 6.08 Å². The summed E-state index contributed by atoms with van der Waals surface area (Å²) in [6, 6.07) is 2.03. The highest BCUT2D eigenvalue weighted by Crippen LogP contribution is 2.16. The lowest BCUT2D eigenvalue weighted by Crippen LogP contribution is -2.23. The van der Waals surface area contributed by atoms with Gasteiger partial charge in [0.1, 0.15) is 0 Å². The van der Waals surface area contributed by atoms with Crippen LogP contribution in [0.1, 0.15) is 24.3 Å². The van der Waals surface area contributed by atoms with E-state index in [1.165, 1.54) is 11.6 Å². The summed E-state index contributed by atoms with van der Waals surface area (Å²) < 4.78 is 0. The number of carbonyl (C=O) groups excluding carboxylic acids is 1. The number of aryl methyl sites for hydroxylation is 1. The smallest absolute Gasteiger partial charge is 0.267 e. The molecule has 0 saturated carbocycles. The van der Waals surface area contributed by atoms with Gasteiger partial charge >= 0.3 is 0 Å². The topological polar surface area (TPSA) is 38.3 Å². The van der Waals surface area contributed by atoms with E-state index in [2.05, 4.69) is 5.48 Å². The van der Waals surface area contributed by atoms with E-state index in [1.807, 2.05) is 32.2 Å². The van der Waals surface area contributed by atoms with Gasteiger partial charge in [0.05, 0.1) is 6.61 Å². The predicted molar refractivity (Wildman–Crippen MR) is 67.0 cm³/mol. The van der Waals surface area contributed by atoms with Crippen molar-refractivity contribution in [3.8, 4) is 0 Å². The zero-order valence-corrected chi connectivity index (χ0v) is 10.6. The molecule has 0 radical (unpaired) electrons. The molecule has 1 amide bonds. The van der Waals surface area contributed by atoms with Crippen molar-refractivity contribution in [3.63, 3.8) is 0 Å². The monoisotopic (exact) mass is 239 g/mol. The van der Waals surface area contributed by atoms with E-state index in [9.17, 15) is 4.79 Å². The van der Waals surface area contributed by atoms with Gasteiger partial charge in [-0.25, -0.2) is 5.48 Å². The largest absolute Gasteiger partial charge is 0.273 e. The fraction of sp³-hybridized carbons (Fsp3) is 0.417. The van der Waals surface area contributed by atoms with E-state index in [1.54, 1.807) is 17.4 Å². The summed E-state index contributed by atoms with van der Waals surface area (Å²) in [7, 11) is 0. The summed E-state index contributed by atoms with van der Waals surface area (Å²) in [6.45, 7) is 6.59. The van der Waals surface area contributed by atoms with E-state index in [4.69, 9.17) is 4.84 Å². The second kappa shape index (κ2) is 6.45. The number of hydroxylamine groups is 1. The maximum absolute atomic E-state index is 11.3. The Morgan fingerprint density at radius 2 is 2.38 bits per heavy atom. The number of rotatable bonds is 5. The molecule has 0 spiro atoms. The third-order valence-electron chi connectivity index (χ3n) is 1.88. The van der Waals surface area contributed by atoms with Crippen LogP contribution in [-0.4, -0.2) is 12.5 Å². The molecule has 0 aromatic carbocycles. The van der Waals surface area contributed by atoms with Gasteiger partial charge in [-0.1, -0.05) is 13.8 Å². The minimum absolute atomic E-state index is 0.228. The van der Waals surface area contributed by atoms with E-state index in [0.29, 0.717) is 12.5 Å². The highest BCUT2D eigenvalue weighted by Gasteiger charge is 1.99. The number of amides is 1. The molecule has 1 aromatic rings. The summed E-state index contributed by atoms with van der Waals surface area (Å²) in [6.07, 6.45) is 3.28. The van der Waals surface area contributed by atoms with Crippen LogP contribution in [0, 0.1) is 12.8 Å². The summed E-state index contributed by atoms with van der Waals surface area (Å²) in [4.78, 5) is 17.4. The lowest BCUT2D eigenvalue weighted by Gasteiger charge is -2.05. The molecule has 0 aliphatic heterocycles. The van der Waals surface area contributed by atoms with Gasteiger partial charge < -0.3 is 0 Å². The Labute approximate surface area is 100 Å². The zero-order valence-electron chi connectivity index (χ0n) is 9.82. The van der Waals surface area contributed by atoms with Crippen LogP contribution in [0.5, 0.6) is 0 Å². The predicted octanol–water partition coefficient (Wildman–Crippen LogP) is 2.77. The fourth-order valence-corrected chi connectivity index (χ4v) is 1.84. The molecular weight excluding hydrogens is 222 g/mol. The highest BCUT2D eigenvalue weighted by molar-refractivity contribution is 7.11. The number of thiophene rings is 1. The van der Waals surface area contributed by atoms with Crippen molar-refractivity contribution < 1.29 is 9.63 Å². The Kier molecular flexibility index (Phi) is 5.22. The van der Waals surface area contributed by atoms with E-state index in [-0.39, 0.29) is 5.91 Å². The second-order valence-electron chi connectivity index (χ2n) is 3.97. The molecular formula is C12H17NO2S. The average molecular weight is 239 g/mol. The zero-order chi connectivity index (χ0) is 12.0. The molecule has 16 heavy (non-hydrogen) atoms.